The quantitative estimate of drug-likeness (QED) is 0.378. The molecule has 0 aliphatic heterocycles. The first-order valence-corrected chi connectivity index (χ1v) is 5.32. The Bertz CT molecular complexity index is 462. The summed E-state index contributed by atoms with van der Waals surface area (Å²) in [6, 6.07) is 5.11. The number of benzene rings is 1. The molecule has 2 N–H and O–H groups in total. The highest BCUT2D eigenvalue weighted by atomic mass is 19.1. The van der Waals surface area contributed by atoms with Crippen molar-refractivity contribution >= 4 is 17.4 Å². The molecule has 0 aromatic heterocycles. The van der Waals surface area contributed by atoms with Gasteiger partial charge in [-0.15, -0.1) is 0 Å². The Balaban J connectivity index is 3.10. The fraction of sp³-hybridized carbons (Fsp3) is 0.333. The smallest absolute Gasteiger partial charge is 0.334 e. The average molecular weight is 253 g/mol. The number of rotatable bonds is 4. The van der Waals surface area contributed by atoms with Gasteiger partial charge < -0.3 is 15.5 Å². The summed E-state index contributed by atoms with van der Waals surface area (Å²) in [5, 5.41) is 3.51. The molecule has 1 atom stereocenters. The van der Waals surface area contributed by atoms with Crippen LogP contribution in [0.25, 0.3) is 0 Å². The number of carbonyl (C=O) groups excluding carboxylic acids is 1. The van der Waals surface area contributed by atoms with E-state index in [0.717, 1.165) is 0 Å². The van der Waals surface area contributed by atoms with Crippen molar-refractivity contribution in [3.05, 3.63) is 30.1 Å². The first kappa shape index (κ1) is 14.0. The molecule has 0 saturated carbocycles. The Morgan fingerprint density at radius 2 is 2.22 bits per heavy atom. The lowest BCUT2D eigenvalue weighted by Gasteiger charge is -2.27. The van der Waals surface area contributed by atoms with E-state index in [4.69, 9.17) is 10.6 Å². The number of esters is 1. The third kappa shape index (κ3) is 2.97. The second kappa shape index (κ2) is 6.00. The molecule has 18 heavy (non-hydrogen) atoms. The van der Waals surface area contributed by atoms with Gasteiger partial charge in [-0.05, 0) is 25.1 Å². The molecule has 0 heterocycles. The molecule has 0 aliphatic carbocycles. The number of nitrogens with zero attached hydrogens (tertiary/aromatic N) is 2. The van der Waals surface area contributed by atoms with Crippen LogP contribution in [0.5, 0.6) is 0 Å². The van der Waals surface area contributed by atoms with E-state index in [-0.39, 0.29) is 5.82 Å². The molecule has 6 heteroatoms. The molecular weight excluding hydrogens is 237 g/mol. The molecule has 0 amide bonds. The van der Waals surface area contributed by atoms with Gasteiger partial charge in [0.05, 0.1) is 12.8 Å². The topological polar surface area (TPSA) is 67.9 Å². The van der Waals surface area contributed by atoms with Crippen molar-refractivity contribution in [2.24, 2.45) is 10.9 Å². The molecule has 0 bridgehead atoms. The first-order chi connectivity index (χ1) is 8.51. The molecule has 98 valence electrons. The number of hydrogen-bond donors (Lipinski definition) is 1. The summed E-state index contributed by atoms with van der Waals surface area (Å²) in [7, 11) is 2.92. The van der Waals surface area contributed by atoms with Gasteiger partial charge in [-0.1, -0.05) is 6.07 Å². The maximum Gasteiger partial charge on any atom is 0.334 e. The van der Waals surface area contributed by atoms with Crippen LogP contribution in [-0.2, 0) is 9.53 Å². The van der Waals surface area contributed by atoms with Gasteiger partial charge in [0.1, 0.15) is 5.82 Å². The molecule has 0 spiro atoms. The Morgan fingerprint density at radius 3 is 2.72 bits per heavy atom. The first-order valence-electron chi connectivity index (χ1n) is 5.32. The van der Waals surface area contributed by atoms with Crippen LogP contribution in [0.15, 0.2) is 29.4 Å². The second-order valence-corrected chi connectivity index (χ2v) is 3.79. The minimum atomic E-state index is -0.776. The Kier molecular flexibility index (Phi) is 4.65. The number of nitrogens with two attached hydrogens (primary N) is 1. The number of hydrazone groups is 1. The fourth-order valence-corrected chi connectivity index (χ4v) is 1.64. The van der Waals surface area contributed by atoms with E-state index in [1.165, 1.54) is 19.2 Å². The van der Waals surface area contributed by atoms with Gasteiger partial charge in [0.15, 0.2) is 6.04 Å². The molecular formula is C12H16FN3O2. The number of methoxy groups -OCH3 is 1. The van der Waals surface area contributed by atoms with Crippen LogP contribution >= 0.6 is 0 Å². The zero-order valence-electron chi connectivity index (χ0n) is 10.6. The SMILES string of the molecule is COC(=O)C(/C(C)=N/N)N(C)c1cccc(F)c1. The molecule has 1 unspecified atom stereocenters. The standard InChI is InChI=1S/C12H16FN3O2/c1-8(15-14)11(12(17)18-3)16(2)10-6-4-5-9(13)7-10/h4-7,11H,14H2,1-3H3/b15-8+. The average Bonchev–Trinajstić information content (AvgIpc) is 2.38. The summed E-state index contributed by atoms with van der Waals surface area (Å²) in [5.74, 6) is 4.30. The Morgan fingerprint density at radius 1 is 1.56 bits per heavy atom. The third-order valence-electron chi connectivity index (χ3n) is 2.63. The zero-order chi connectivity index (χ0) is 13.7. The van der Waals surface area contributed by atoms with Crippen LogP contribution < -0.4 is 10.7 Å². The molecule has 1 aromatic carbocycles. The highest BCUT2D eigenvalue weighted by Gasteiger charge is 2.27. The van der Waals surface area contributed by atoms with Crippen molar-refractivity contribution in [2.75, 3.05) is 19.1 Å². The van der Waals surface area contributed by atoms with E-state index in [0.29, 0.717) is 11.4 Å². The number of anilines is 1. The van der Waals surface area contributed by atoms with Crippen LogP contribution in [0.3, 0.4) is 0 Å². The van der Waals surface area contributed by atoms with Gasteiger partial charge in [0.25, 0.3) is 0 Å². The van der Waals surface area contributed by atoms with Gasteiger partial charge in [-0.2, -0.15) is 5.10 Å². The van der Waals surface area contributed by atoms with E-state index < -0.39 is 12.0 Å². The van der Waals surface area contributed by atoms with Crippen LogP contribution in [0.4, 0.5) is 10.1 Å². The van der Waals surface area contributed by atoms with Gasteiger partial charge in [0.2, 0.25) is 0 Å². The summed E-state index contributed by atoms with van der Waals surface area (Å²) in [6.45, 7) is 1.61. The predicted octanol–water partition coefficient (Wildman–Crippen LogP) is 1.14. The minimum absolute atomic E-state index is 0.383. The third-order valence-corrected chi connectivity index (χ3v) is 2.63. The van der Waals surface area contributed by atoms with E-state index in [1.807, 2.05) is 0 Å². The largest absolute Gasteiger partial charge is 0.467 e. The normalized spacial score (nSPS) is 13.0. The van der Waals surface area contributed by atoms with E-state index in [2.05, 4.69) is 5.10 Å². The van der Waals surface area contributed by atoms with Gasteiger partial charge in [0, 0.05) is 12.7 Å². The molecule has 0 radical (unpaired) electrons. The number of carbonyl (C=O) groups is 1. The lowest BCUT2D eigenvalue weighted by atomic mass is 10.1. The van der Waals surface area contributed by atoms with Crippen molar-refractivity contribution in [1.82, 2.24) is 0 Å². The second-order valence-electron chi connectivity index (χ2n) is 3.79. The van der Waals surface area contributed by atoms with Crippen molar-refractivity contribution < 1.29 is 13.9 Å². The maximum atomic E-state index is 13.2. The van der Waals surface area contributed by atoms with Crippen LogP contribution in [0.1, 0.15) is 6.92 Å². The predicted molar refractivity (Wildman–Crippen MR) is 67.9 cm³/mol. The molecule has 0 aliphatic rings. The molecule has 0 fully saturated rings. The van der Waals surface area contributed by atoms with Gasteiger partial charge in [-0.25, -0.2) is 9.18 Å². The van der Waals surface area contributed by atoms with Crippen molar-refractivity contribution in [2.45, 2.75) is 13.0 Å². The van der Waals surface area contributed by atoms with Crippen LogP contribution in [0, 0.1) is 5.82 Å². The van der Waals surface area contributed by atoms with E-state index in [9.17, 15) is 9.18 Å². The highest BCUT2D eigenvalue weighted by molar-refractivity contribution is 6.07. The molecule has 1 rings (SSSR count). The lowest BCUT2D eigenvalue weighted by molar-refractivity contribution is -0.140. The summed E-state index contributed by atoms with van der Waals surface area (Å²) < 4.78 is 17.9. The summed E-state index contributed by atoms with van der Waals surface area (Å²) in [6.07, 6.45) is 0. The lowest BCUT2D eigenvalue weighted by Crippen LogP contribution is -2.45. The summed E-state index contributed by atoms with van der Waals surface area (Å²) >= 11 is 0. The number of likely N-dealkylation sites (N-methyl/N-ethyl adjacent to an activating group) is 1. The Hall–Kier alpha value is -2.11. The minimum Gasteiger partial charge on any atom is -0.467 e. The summed E-state index contributed by atoms with van der Waals surface area (Å²) in [4.78, 5) is 13.3. The fourth-order valence-electron chi connectivity index (χ4n) is 1.64. The van der Waals surface area contributed by atoms with Crippen molar-refractivity contribution in [1.29, 1.82) is 0 Å². The van der Waals surface area contributed by atoms with Crippen LogP contribution in [0.2, 0.25) is 0 Å². The van der Waals surface area contributed by atoms with Crippen LogP contribution in [-0.4, -0.2) is 31.9 Å². The summed E-state index contributed by atoms with van der Waals surface area (Å²) in [5.41, 5.74) is 0.919. The molecule has 5 nitrogen and oxygen atoms in total. The van der Waals surface area contributed by atoms with Crippen molar-refractivity contribution in [3.63, 3.8) is 0 Å². The maximum absolute atomic E-state index is 13.2. The zero-order valence-corrected chi connectivity index (χ0v) is 10.6. The highest BCUT2D eigenvalue weighted by Crippen LogP contribution is 2.17. The molecule has 0 saturated heterocycles. The number of ether oxygens (including phenoxy) is 1. The van der Waals surface area contributed by atoms with Crippen molar-refractivity contribution in [3.8, 4) is 0 Å². The number of hydrogen-bond acceptors (Lipinski definition) is 5. The monoisotopic (exact) mass is 253 g/mol. The number of halogens is 1. The van der Waals surface area contributed by atoms with Gasteiger partial charge >= 0.3 is 5.97 Å². The van der Waals surface area contributed by atoms with Gasteiger partial charge in [-0.3, -0.25) is 0 Å². The van der Waals surface area contributed by atoms with E-state index in [1.54, 1.807) is 31.0 Å². The van der Waals surface area contributed by atoms with E-state index >= 15 is 0 Å². The Labute approximate surface area is 105 Å². The molecule has 1 aromatic rings.